The van der Waals surface area contributed by atoms with Crippen LogP contribution >= 0.6 is 0 Å². The van der Waals surface area contributed by atoms with Gasteiger partial charge in [-0.25, -0.2) is 0 Å². The van der Waals surface area contributed by atoms with Gasteiger partial charge in [-0.05, 0) is 6.42 Å². The van der Waals surface area contributed by atoms with E-state index < -0.39 is 0 Å². The molecule has 0 aliphatic carbocycles. The van der Waals surface area contributed by atoms with Crippen LogP contribution in [0.15, 0.2) is 0 Å². The molecule has 0 amide bonds. The monoisotopic (exact) mass is 202 g/mol. The molecule has 2 saturated heterocycles. The normalized spacial score (nSPS) is 39.9. The molecule has 82 valence electrons. The first-order chi connectivity index (χ1) is 6.86. The Bertz CT molecular complexity index is 185. The maximum absolute atomic E-state index is 5.58. The largest absolute Gasteiger partial charge is 0.379 e. The summed E-state index contributed by atoms with van der Waals surface area (Å²) in [6.07, 6.45) is 2.52. The third kappa shape index (κ3) is 2.08. The average Bonchev–Trinajstić information content (AvgIpc) is 2.92. The van der Waals surface area contributed by atoms with E-state index in [1.807, 2.05) is 0 Å². The lowest BCUT2D eigenvalue weighted by molar-refractivity contribution is -0.170. The molecule has 14 heavy (non-hydrogen) atoms. The fraction of sp³-hybridized carbons (Fsp3) is 1.00. The third-order valence-electron chi connectivity index (χ3n) is 2.66. The second kappa shape index (κ2) is 4.57. The summed E-state index contributed by atoms with van der Waals surface area (Å²) in [5.74, 6) is 0. The van der Waals surface area contributed by atoms with Crippen LogP contribution in [0.2, 0.25) is 0 Å². The molecule has 0 N–H and O–H groups in total. The molecule has 0 spiro atoms. The SMILES string of the molecule is CCCCOC[C@H]1O[C@H](OC)[C@H]2OC12. The Kier molecular flexibility index (Phi) is 3.38. The van der Waals surface area contributed by atoms with E-state index in [4.69, 9.17) is 18.9 Å². The van der Waals surface area contributed by atoms with Crippen molar-refractivity contribution >= 4 is 0 Å². The lowest BCUT2D eigenvalue weighted by atomic mass is 10.2. The molecule has 2 heterocycles. The minimum absolute atomic E-state index is 0.0711. The maximum atomic E-state index is 5.58. The molecule has 0 bridgehead atoms. The Morgan fingerprint density at radius 1 is 1.21 bits per heavy atom. The highest BCUT2D eigenvalue weighted by molar-refractivity contribution is 5.00. The Hall–Kier alpha value is -0.160. The lowest BCUT2D eigenvalue weighted by Gasteiger charge is -2.16. The highest BCUT2D eigenvalue weighted by Gasteiger charge is 2.58. The number of hydrogen-bond acceptors (Lipinski definition) is 4. The number of unbranched alkanes of at least 4 members (excludes halogenated alkanes) is 1. The van der Waals surface area contributed by atoms with Gasteiger partial charge in [0.05, 0.1) is 6.61 Å². The van der Waals surface area contributed by atoms with Gasteiger partial charge in [-0.3, -0.25) is 0 Å². The highest BCUT2D eigenvalue weighted by Crippen LogP contribution is 2.39. The Morgan fingerprint density at radius 3 is 2.71 bits per heavy atom. The van der Waals surface area contributed by atoms with E-state index >= 15 is 0 Å². The second-order valence-electron chi connectivity index (χ2n) is 3.77. The molecular weight excluding hydrogens is 184 g/mol. The van der Waals surface area contributed by atoms with Gasteiger partial charge in [0.1, 0.15) is 18.3 Å². The summed E-state index contributed by atoms with van der Waals surface area (Å²) >= 11 is 0. The number of hydrogen-bond donors (Lipinski definition) is 0. The zero-order valence-electron chi connectivity index (χ0n) is 8.77. The number of rotatable bonds is 6. The molecule has 2 aliphatic heterocycles. The van der Waals surface area contributed by atoms with Crippen LogP contribution in [0, 0.1) is 0 Å². The van der Waals surface area contributed by atoms with Gasteiger partial charge in [0, 0.05) is 13.7 Å². The molecule has 4 nitrogen and oxygen atoms in total. The summed E-state index contributed by atoms with van der Waals surface area (Å²) in [6.45, 7) is 3.59. The van der Waals surface area contributed by atoms with Crippen molar-refractivity contribution in [3.63, 3.8) is 0 Å². The molecule has 0 aromatic carbocycles. The van der Waals surface area contributed by atoms with Crippen molar-refractivity contribution in [3.8, 4) is 0 Å². The van der Waals surface area contributed by atoms with Gasteiger partial charge < -0.3 is 18.9 Å². The van der Waals surface area contributed by atoms with Crippen molar-refractivity contribution in [2.24, 2.45) is 0 Å². The van der Waals surface area contributed by atoms with Gasteiger partial charge in [-0.1, -0.05) is 13.3 Å². The number of methoxy groups -OCH3 is 1. The standard InChI is InChI=1S/C10H18O4/c1-3-4-5-12-6-7-8-9(14-8)10(11-2)13-7/h7-10H,3-6H2,1-2H3/t7-,8?,9+,10+/m1/s1. The molecule has 4 atom stereocenters. The molecule has 2 aliphatic rings. The van der Waals surface area contributed by atoms with Crippen LogP contribution in [-0.4, -0.2) is 44.9 Å². The lowest BCUT2D eigenvalue weighted by Crippen LogP contribution is -2.25. The smallest absolute Gasteiger partial charge is 0.186 e. The minimum atomic E-state index is -0.181. The Labute approximate surface area is 84.5 Å². The van der Waals surface area contributed by atoms with E-state index in [0.717, 1.165) is 19.4 Å². The number of epoxide rings is 1. The molecule has 0 aromatic heterocycles. The van der Waals surface area contributed by atoms with Gasteiger partial charge in [-0.2, -0.15) is 0 Å². The van der Waals surface area contributed by atoms with E-state index in [0.29, 0.717) is 6.61 Å². The average molecular weight is 202 g/mol. The minimum Gasteiger partial charge on any atom is -0.379 e. The molecule has 0 saturated carbocycles. The van der Waals surface area contributed by atoms with Crippen molar-refractivity contribution in [2.75, 3.05) is 20.3 Å². The van der Waals surface area contributed by atoms with Crippen LogP contribution in [0.5, 0.6) is 0 Å². The molecule has 0 aromatic rings. The van der Waals surface area contributed by atoms with Crippen LogP contribution in [0.4, 0.5) is 0 Å². The fourth-order valence-corrected chi connectivity index (χ4v) is 1.75. The second-order valence-corrected chi connectivity index (χ2v) is 3.77. The predicted octanol–water partition coefficient (Wildman–Crippen LogP) is 0.942. The van der Waals surface area contributed by atoms with Crippen molar-refractivity contribution < 1.29 is 18.9 Å². The van der Waals surface area contributed by atoms with Gasteiger partial charge >= 0.3 is 0 Å². The molecular formula is C10H18O4. The van der Waals surface area contributed by atoms with Crippen LogP contribution < -0.4 is 0 Å². The number of fused-ring (bicyclic) bond motifs is 1. The first-order valence-electron chi connectivity index (χ1n) is 5.28. The fourth-order valence-electron chi connectivity index (χ4n) is 1.75. The number of ether oxygens (including phenoxy) is 4. The van der Waals surface area contributed by atoms with E-state index in [1.54, 1.807) is 7.11 Å². The van der Waals surface area contributed by atoms with Crippen LogP contribution in [0.25, 0.3) is 0 Å². The summed E-state index contributed by atoms with van der Waals surface area (Å²) < 4.78 is 21.6. The third-order valence-corrected chi connectivity index (χ3v) is 2.66. The van der Waals surface area contributed by atoms with Gasteiger partial charge in [0.15, 0.2) is 6.29 Å². The van der Waals surface area contributed by atoms with Crippen molar-refractivity contribution in [2.45, 2.75) is 44.4 Å². The van der Waals surface area contributed by atoms with Gasteiger partial charge in [0.25, 0.3) is 0 Å². The van der Waals surface area contributed by atoms with E-state index in [9.17, 15) is 0 Å². The topological polar surface area (TPSA) is 40.2 Å². The van der Waals surface area contributed by atoms with Crippen molar-refractivity contribution in [3.05, 3.63) is 0 Å². The quantitative estimate of drug-likeness (QED) is 0.475. The van der Waals surface area contributed by atoms with Crippen LogP contribution in [0.3, 0.4) is 0 Å². The molecule has 4 heteroatoms. The first kappa shape index (κ1) is 10.4. The summed E-state index contributed by atoms with van der Waals surface area (Å²) in [5, 5.41) is 0. The Balaban J connectivity index is 1.63. The van der Waals surface area contributed by atoms with E-state index in [-0.39, 0.29) is 24.6 Å². The summed E-state index contributed by atoms with van der Waals surface area (Å²) in [4.78, 5) is 0. The van der Waals surface area contributed by atoms with Crippen LogP contribution in [-0.2, 0) is 18.9 Å². The first-order valence-corrected chi connectivity index (χ1v) is 5.28. The van der Waals surface area contributed by atoms with E-state index in [1.165, 1.54) is 0 Å². The molecule has 2 rings (SSSR count). The maximum Gasteiger partial charge on any atom is 0.186 e. The van der Waals surface area contributed by atoms with Crippen molar-refractivity contribution in [1.82, 2.24) is 0 Å². The predicted molar refractivity (Wildman–Crippen MR) is 50.1 cm³/mol. The summed E-state index contributed by atoms with van der Waals surface area (Å²) in [5.41, 5.74) is 0. The van der Waals surface area contributed by atoms with Crippen molar-refractivity contribution in [1.29, 1.82) is 0 Å². The molecule has 1 unspecified atom stereocenters. The van der Waals surface area contributed by atoms with Crippen LogP contribution in [0.1, 0.15) is 19.8 Å². The zero-order chi connectivity index (χ0) is 9.97. The molecule has 2 fully saturated rings. The van der Waals surface area contributed by atoms with Gasteiger partial charge in [-0.15, -0.1) is 0 Å². The molecule has 0 radical (unpaired) electrons. The van der Waals surface area contributed by atoms with E-state index in [2.05, 4.69) is 6.92 Å². The highest BCUT2D eigenvalue weighted by atomic mass is 16.8. The summed E-state index contributed by atoms with van der Waals surface area (Å²) in [7, 11) is 1.64. The zero-order valence-corrected chi connectivity index (χ0v) is 8.77. The van der Waals surface area contributed by atoms with Gasteiger partial charge in [0.2, 0.25) is 0 Å². The Morgan fingerprint density at radius 2 is 2.07 bits per heavy atom. The summed E-state index contributed by atoms with van der Waals surface area (Å²) in [6, 6.07) is 0.